The molecule has 1 fully saturated rings. The number of hydrogen-bond donors (Lipinski definition) is 1. The highest BCUT2D eigenvalue weighted by atomic mass is 16.6. The summed E-state index contributed by atoms with van der Waals surface area (Å²) in [7, 11) is 0. The van der Waals surface area contributed by atoms with Gasteiger partial charge in [-0.3, -0.25) is 4.79 Å². The van der Waals surface area contributed by atoms with Gasteiger partial charge in [0.05, 0.1) is 31.5 Å². The minimum Gasteiger partial charge on any atom is -0.486 e. The predicted octanol–water partition coefficient (Wildman–Crippen LogP) is 0.603. The molecule has 0 bridgehead atoms. The summed E-state index contributed by atoms with van der Waals surface area (Å²) in [4.78, 5) is 12.2. The first-order chi connectivity index (χ1) is 9.84. The third-order valence-corrected chi connectivity index (χ3v) is 3.19. The van der Waals surface area contributed by atoms with Crippen LogP contribution in [0, 0.1) is 0 Å². The standard InChI is InChI=1S/C14H17NO5/c16-14(15-8-10-9-17-4-5-18-10)11-2-1-3-12-13(11)20-7-6-19-12/h1-3,10H,4-9H2,(H,15,16). The molecule has 108 valence electrons. The van der Waals surface area contributed by atoms with Crippen LogP contribution in [0.4, 0.5) is 0 Å². The Bertz CT molecular complexity index is 484. The molecule has 3 rings (SSSR count). The fraction of sp³-hybridized carbons (Fsp3) is 0.500. The molecule has 1 N–H and O–H groups in total. The summed E-state index contributed by atoms with van der Waals surface area (Å²) in [6, 6.07) is 5.30. The number of carbonyl (C=O) groups is 1. The van der Waals surface area contributed by atoms with Crippen molar-refractivity contribution in [3.63, 3.8) is 0 Å². The van der Waals surface area contributed by atoms with Gasteiger partial charge >= 0.3 is 0 Å². The van der Waals surface area contributed by atoms with E-state index >= 15 is 0 Å². The molecule has 0 aromatic heterocycles. The average molecular weight is 279 g/mol. The number of ether oxygens (including phenoxy) is 4. The predicted molar refractivity (Wildman–Crippen MR) is 70.3 cm³/mol. The number of amides is 1. The molecule has 2 heterocycles. The first-order valence-corrected chi connectivity index (χ1v) is 6.71. The van der Waals surface area contributed by atoms with E-state index in [1.165, 1.54) is 0 Å². The lowest BCUT2D eigenvalue weighted by Crippen LogP contribution is -2.39. The van der Waals surface area contributed by atoms with Crippen LogP contribution in [0.25, 0.3) is 0 Å². The van der Waals surface area contributed by atoms with Crippen molar-refractivity contribution >= 4 is 5.91 Å². The van der Waals surface area contributed by atoms with Crippen molar-refractivity contribution in [2.45, 2.75) is 6.10 Å². The number of para-hydroxylation sites is 1. The number of carbonyl (C=O) groups excluding carboxylic acids is 1. The van der Waals surface area contributed by atoms with E-state index in [0.29, 0.717) is 56.6 Å². The van der Waals surface area contributed by atoms with Gasteiger partial charge in [0.1, 0.15) is 13.2 Å². The van der Waals surface area contributed by atoms with Gasteiger partial charge in [0, 0.05) is 6.54 Å². The van der Waals surface area contributed by atoms with Crippen molar-refractivity contribution < 1.29 is 23.7 Å². The lowest BCUT2D eigenvalue weighted by Gasteiger charge is -2.24. The van der Waals surface area contributed by atoms with Gasteiger partial charge in [-0.25, -0.2) is 0 Å². The van der Waals surface area contributed by atoms with Crippen LogP contribution in [0.15, 0.2) is 18.2 Å². The number of nitrogens with one attached hydrogen (secondary N) is 1. The Labute approximate surface area is 117 Å². The van der Waals surface area contributed by atoms with Gasteiger partial charge in [-0.1, -0.05) is 6.07 Å². The molecule has 1 aromatic rings. The summed E-state index contributed by atoms with van der Waals surface area (Å²) in [6.07, 6.45) is -0.0931. The molecule has 1 saturated heterocycles. The van der Waals surface area contributed by atoms with Crippen molar-refractivity contribution in [3.8, 4) is 11.5 Å². The summed E-state index contributed by atoms with van der Waals surface area (Å²) < 4.78 is 21.8. The maximum absolute atomic E-state index is 12.2. The van der Waals surface area contributed by atoms with E-state index in [-0.39, 0.29) is 12.0 Å². The van der Waals surface area contributed by atoms with E-state index in [1.54, 1.807) is 18.2 Å². The minimum absolute atomic E-state index is 0.0931. The molecule has 0 spiro atoms. The van der Waals surface area contributed by atoms with E-state index < -0.39 is 0 Å². The molecule has 1 aromatic carbocycles. The smallest absolute Gasteiger partial charge is 0.255 e. The average Bonchev–Trinajstić information content (AvgIpc) is 2.53. The minimum atomic E-state index is -0.193. The highest BCUT2D eigenvalue weighted by molar-refractivity contribution is 5.97. The van der Waals surface area contributed by atoms with Gasteiger partial charge in [-0.15, -0.1) is 0 Å². The van der Waals surface area contributed by atoms with Crippen LogP contribution in [0.2, 0.25) is 0 Å². The normalized spacial score (nSPS) is 21.3. The van der Waals surface area contributed by atoms with Crippen molar-refractivity contribution in [1.29, 1.82) is 0 Å². The maximum Gasteiger partial charge on any atom is 0.255 e. The Morgan fingerprint density at radius 2 is 2.10 bits per heavy atom. The monoisotopic (exact) mass is 279 g/mol. The number of rotatable bonds is 3. The molecule has 1 amide bonds. The van der Waals surface area contributed by atoms with Crippen LogP contribution in [-0.4, -0.2) is 51.6 Å². The van der Waals surface area contributed by atoms with Gasteiger partial charge in [0.15, 0.2) is 11.5 Å². The molecular weight excluding hydrogens is 262 g/mol. The molecule has 0 radical (unpaired) electrons. The van der Waals surface area contributed by atoms with Crippen LogP contribution in [0.3, 0.4) is 0 Å². The first kappa shape index (κ1) is 13.2. The van der Waals surface area contributed by atoms with Gasteiger partial charge in [0.25, 0.3) is 5.91 Å². The molecule has 0 saturated carbocycles. The second-order valence-corrected chi connectivity index (χ2v) is 4.61. The van der Waals surface area contributed by atoms with Crippen molar-refractivity contribution in [2.24, 2.45) is 0 Å². The van der Waals surface area contributed by atoms with E-state index in [4.69, 9.17) is 18.9 Å². The number of fused-ring (bicyclic) bond motifs is 1. The Hall–Kier alpha value is -1.79. The zero-order valence-electron chi connectivity index (χ0n) is 11.1. The molecule has 6 nitrogen and oxygen atoms in total. The highest BCUT2D eigenvalue weighted by Gasteiger charge is 2.21. The summed E-state index contributed by atoms with van der Waals surface area (Å²) in [5.74, 6) is 0.930. The SMILES string of the molecule is O=C(NCC1COCCO1)c1cccc2c1OCCO2. The fourth-order valence-electron chi connectivity index (χ4n) is 2.21. The third kappa shape index (κ3) is 2.86. The van der Waals surface area contributed by atoms with E-state index in [0.717, 1.165) is 0 Å². The maximum atomic E-state index is 12.2. The molecule has 2 aliphatic heterocycles. The molecule has 0 aliphatic carbocycles. The number of hydrogen-bond acceptors (Lipinski definition) is 5. The van der Waals surface area contributed by atoms with Gasteiger partial charge in [0.2, 0.25) is 0 Å². The van der Waals surface area contributed by atoms with Crippen molar-refractivity contribution in [3.05, 3.63) is 23.8 Å². The van der Waals surface area contributed by atoms with Gasteiger partial charge in [-0.2, -0.15) is 0 Å². The van der Waals surface area contributed by atoms with Crippen LogP contribution in [-0.2, 0) is 9.47 Å². The third-order valence-electron chi connectivity index (χ3n) is 3.19. The first-order valence-electron chi connectivity index (χ1n) is 6.71. The second kappa shape index (κ2) is 6.11. The zero-order valence-corrected chi connectivity index (χ0v) is 11.1. The van der Waals surface area contributed by atoms with Crippen LogP contribution >= 0.6 is 0 Å². The van der Waals surface area contributed by atoms with Crippen LogP contribution in [0.5, 0.6) is 11.5 Å². The Balaban J connectivity index is 1.64. The van der Waals surface area contributed by atoms with Gasteiger partial charge in [-0.05, 0) is 12.1 Å². The largest absolute Gasteiger partial charge is 0.486 e. The van der Waals surface area contributed by atoms with E-state index in [1.807, 2.05) is 0 Å². The molecular formula is C14H17NO5. The molecule has 6 heteroatoms. The summed E-state index contributed by atoms with van der Waals surface area (Å²) >= 11 is 0. The fourth-order valence-corrected chi connectivity index (χ4v) is 2.21. The molecule has 1 unspecified atom stereocenters. The zero-order chi connectivity index (χ0) is 13.8. The highest BCUT2D eigenvalue weighted by Crippen LogP contribution is 2.33. The van der Waals surface area contributed by atoms with E-state index in [2.05, 4.69) is 5.32 Å². The lowest BCUT2D eigenvalue weighted by atomic mass is 10.1. The van der Waals surface area contributed by atoms with E-state index in [9.17, 15) is 4.79 Å². The Morgan fingerprint density at radius 3 is 2.95 bits per heavy atom. The molecule has 1 atom stereocenters. The lowest BCUT2D eigenvalue weighted by molar-refractivity contribution is -0.0855. The molecule has 2 aliphatic rings. The molecule has 20 heavy (non-hydrogen) atoms. The topological polar surface area (TPSA) is 66.0 Å². The van der Waals surface area contributed by atoms with Crippen molar-refractivity contribution in [2.75, 3.05) is 39.6 Å². The van der Waals surface area contributed by atoms with Crippen molar-refractivity contribution in [1.82, 2.24) is 5.32 Å². The Morgan fingerprint density at radius 1 is 1.20 bits per heavy atom. The summed E-state index contributed by atoms with van der Waals surface area (Å²) in [6.45, 7) is 3.07. The quantitative estimate of drug-likeness (QED) is 0.878. The van der Waals surface area contributed by atoms with Gasteiger partial charge < -0.3 is 24.3 Å². The van der Waals surface area contributed by atoms with Crippen LogP contribution < -0.4 is 14.8 Å². The number of benzene rings is 1. The Kier molecular flexibility index (Phi) is 4.03. The summed E-state index contributed by atoms with van der Waals surface area (Å²) in [5.41, 5.74) is 0.485. The van der Waals surface area contributed by atoms with Crippen LogP contribution in [0.1, 0.15) is 10.4 Å². The second-order valence-electron chi connectivity index (χ2n) is 4.61. The summed E-state index contributed by atoms with van der Waals surface area (Å²) in [5, 5.41) is 2.84.